The van der Waals surface area contributed by atoms with E-state index >= 15 is 0 Å². The fourth-order valence-corrected chi connectivity index (χ4v) is 4.00. The number of hydrogen-bond donors (Lipinski definition) is 1. The molecule has 2 N–H and O–H groups in total. The van der Waals surface area contributed by atoms with Crippen LogP contribution in [0.2, 0.25) is 0 Å². The maximum absolute atomic E-state index is 13.3. The van der Waals surface area contributed by atoms with Crippen molar-refractivity contribution in [2.24, 2.45) is 17.6 Å². The Hall–Kier alpha value is -1.96. The molecule has 1 rings (SSSR count). The smallest absolute Gasteiger partial charge is 0.338 e. The van der Waals surface area contributed by atoms with Gasteiger partial charge in [0.05, 0.1) is 12.7 Å². The molecule has 7 nitrogen and oxygen atoms in total. The molecule has 1 aromatic rings. The lowest BCUT2D eigenvalue weighted by atomic mass is 9.76. The van der Waals surface area contributed by atoms with Gasteiger partial charge >= 0.3 is 11.9 Å². The van der Waals surface area contributed by atoms with E-state index in [1.165, 1.54) is 5.56 Å². The molecule has 0 radical (unpaired) electrons. The third kappa shape index (κ3) is 9.49. The Morgan fingerprint density at radius 3 is 1.97 bits per heavy atom. The lowest BCUT2D eigenvalue weighted by Gasteiger charge is -2.37. The average Bonchev–Trinajstić information content (AvgIpc) is 2.76. The van der Waals surface area contributed by atoms with Gasteiger partial charge in [-0.1, -0.05) is 58.9 Å². The number of rotatable bonds is 13. The van der Waals surface area contributed by atoms with Gasteiger partial charge in [0.2, 0.25) is 5.54 Å². The van der Waals surface area contributed by atoms with Crippen molar-refractivity contribution in [1.82, 2.24) is 0 Å². The Balaban J connectivity index is 3.47. The second-order valence-corrected chi connectivity index (χ2v) is 11.8. The molecule has 0 aliphatic rings. The van der Waals surface area contributed by atoms with Crippen LogP contribution in [0.1, 0.15) is 92.4 Å². The lowest BCUT2D eigenvalue weighted by molar-refractivity contribution is -0.173. The molecule has 1 aromatic carbocycles. The van der Waals surface area contributed by atoms with Gasteiger partial charge in [-0.15, -0.1) is 0 Å². The first-order valence-corrected chi connectivity index (χ1v) is 13.0. The fraction of sp³-hybridized carbons (Fsp3) is 0.724. The zero-order chi connectivity index (χ0) is 27.7. The first-order valence-electron chi connectivity index (χ1n) is 13.0. The van der Waals surface area contributed by atoms with Crippen LogP contribution in [0.3, 0.4) is 0 Å². The minimum atomic E-state index is -1.96. The van der Waals surface area contributed by atoms with Gasteiger partial charge in [0, 0.05) is 20.3 Å². The van der Waals surface area contributed by atoms with Gasteiger partial charge in [-0.05, 0) is 68.9 Å². The van der Waals surface area contributed by atoms with Gasteiger partial charge in [-0.3, -0.25) is 0 Å². The lowest BCUT2D eigenvalue weighted by Crippen LogP contribution is -2.59. The predicted molar refractivity (Wildman–Crippen MR) is 143 cm³/mol. The molecular weight excluding hydrogens is 458 g/mol. The summed E-state index contributed by atoms with van der Waals surface area (Å²) in [6, 6.07) is 8.33. The summed E-state index contributed by atoms with van der Waals surface area (Å²) in [7, 11) is 1.66. The normalized spacial score (nSPS) is 15.8. The minimum absolute atomic E-state index is 0.0117. The van der Waals surface area contributed by atoms with Crippen molar-refractivity contribution >= 4 is 11.9 Å². The highest BCUT2D eigenvalue weighted by Crippen LogP contribution is 2.38. The quantitative estimate of drug-likeness (QED) is 0.219. The molecule has 0 saturated carbocycles. The molecule has 36 heavy (non-hydrogen) atoms. The maximum atomic E-state index is 13.3. The van der Waals surface area contributed by atoms with E-state index < -0.39 is 29.2 Å². The van der Waals surface area contributed by atoms with Crippen LogP contribution in [0, 0.1) is 11.8 Å². The summed E-state index contributed by atoms with van der Waals surface area (Å²) in [4.78, 5) is 26.3. The molecule has 206 valence electrons. The molecule has 0 aliphatic heterocycles. The van der Waals surface area contributed by atoms with Crippen LogP contribution in [0.15, 0.2) is 24.3 Å². The predicted octanol–water partition coefficient (Wildman–Crippen LogP) is 5.34. The van der Waals surface area contributed by atoms with Crippen molar-refractivity contribution in [1.29, 1.82) is 0 Å². The van der Waals surface area contributed by atoms with Crippen LogP contribution < -0.4 is 5.73 Å². The van der Waals surface area contributed by atoms with Gasteiger partial charge in [0.15, 0.2) is 0 Å². The first-order chi connectivity index (χ1) is 16.6. The van der Waals surface area contributed by atoms with Crippen LogP contribution in [0.5, 0.6) is 0 Å². The van der Waals surface area contributed by atoms with Gasteiger partial charge in [0.25, 0.3) is 0 Å². The summed E-state index contributed by atoms with van der Waals surface area (Å²) in [6.45, 7) is 18.7. The fourth-order valence-electron chi connectivity index (χ4n) is 4.00. The maximum Gasteiger partial charge on any atom is 0.338 e. The van der Waals surface area contributed by atoms with Gasteiger partial charge < -0.3 is 24.7 Å². The Kier molecular flexibility index (Phi) is 12.1. The van der Waals surface area contributed by atoms with E-state index in [2.05, 4.69) is 45.0 Å². The summed E-state index contributed by atoms with van der Waals surface area (Å²) in [5, 5.41) is 0. The second kappa shape index (κ2) is 13.5. The SMILES string of the molecule is CCOC(=O)[C@@](N)(C[C@@H](C(C)C)C(OCCCOC)c1ccc(C(C)(C)C)cc1)C(=O)OC(C)(C)C. The molecule has 1 unspecified atom stereocenters. The standard InChI is InChI=1S/C29H49NO6/c1-11-34-25(31)29(30,26(32)36-28(7,8)9)19-23(20(2)3)24(35-18-12-17-33-10)21-13-15-22(16-14-21)27(4,5)6/h13-16,20,23-24H,11-12,17-19,30H2,1-10H3/t23-,24?,29-/m0/s1. The van der Waals surface area contributed by atoms with Crippen molar-refractivity contribution in [2.75, 3.05) is 26.9 Å². The Morgan fingerprint density at radius 1 is 0.944 bits per heavy atom. The highest BCUT2D eigenvalue weighted by molar-refractivity contribution is 6.04. The van der Waals surface area contributed by atoms with Crippen molar-refractivity contribution in [2.45, 2.75) is 97.8 Å². The Morgan fingerprint density at radius 2 is 1.53 bits per heavy atom. The van der Waals surface area contributed by atoms with Crippen LogP contribution in [0.4, 0.5) is 0 Å². The van der Waals surface area contributed by atoms with Crippen LogP contribution in [-0.2, 0) is 34.0 Å². The first kappa shape index (κ1) is 32.1. The van der Waals surface area contributed by atoms with Crippen LogP contribution in [0.25, 0.3) is 0 Å². The highest BCUT2D eigenvalue weighted by atomic mass is 16.6. The number of nitrogens with two attached hydrogens (primary N) is 1. The number of carbonyl (C=O) groups is 2. The number of methoxy groups -OCH3 is 1. The van der Waals surface area contributed by atoms with E-state index in [-0.39, 0.29) is 30.3 Å². The van der Waals surface area contributed by atoms with Gasteiger partial charge in [-0.25, -0.2) is 9.59 Å². The molecule has 0 heterocycles. The summed E-state index contributed by atoms with van der Waals surface area (Å²) in [5.74, 6) is -1.80. The number of ether oxygens (including phenoxy) is 4. The third-order valence-electron chi connectivity index (χ3n) is 6.10. The summed E-state index contributed by atoms with van der Waals surface area (Å²) in [6.07, 6.45) is 0.347. The van der Waals surface area contributed by atoms with Crippen molar-refractivity contribution in [3.63, 3.8) is 0 Å². The van der Waals surface area contributed by atoms with E-state index in [9.17, 15) is 9.59 Å². The molecule has 0 spiro atoms. The van der Waals surface area contributed by atoms with Crippen LogP contribution >= 0.6 is 0 Å². The van der Waals surface area contributed by atoms with Gasteiger partial charge in [0.1, 0.15) is 5.60 Å². The summed E-state index contributed by atoms with van der Waals surface area (Å²) < 4.78 is 22.4. The van der Waals surface area contributed by atoms with E-state index in [4.69, 9.17) is 24.7 Å². The Bertz CT molecular complexity index is 822. The summed E-state index contributed by atoms with van der Waals surface area (Å²) in [5.41, 5.74) is 5.99. The monoisotopic (exact) mass is 507 g/mol. The number of esters is 2. The molecule has 0 fully saturated rings. The molecule has 7 heteroatoms. The van der Waals surface area contributed by atoms with E-state index in [1.807, 2.05) is 13.8 Å². The topological polar surface area (TPSA) is 97.1 Å². The minimum Gasteiger partial charge on any atom is -0.464 e. The zero-order valence-electron chi connectivity index (χ0n) is 24.1. The number of carbonyl (C=O) groups excluding carboxylic acids is 2. The molecule has 0 saturated heterocycles. The van der Waals surface area contributed by atoms with E-state index in [0.717, 1.165) is 12.0 Å². The van der Waals surface area contributed by atoms with Crippen molar-refractivity contribution < 1.29 is 28.5 Å². The second-order valence-electron chi connectivity index (χ2n) is 11.8. The third-order valence-corrected chi connectivity index (χ3v) is 6.10. The molecule has 0 aliphatic carbocycles. The number of hydrogen-bond acceptors (Lipinski definition) is 7. The molecule has 0 aromatic heterocycles. The number of benzene rings is 1. The zero-order valence-corrected chi connectivity index (χ0v) is 24.1. The van der Waals surface area contributed by atoms with Crippen molar-refractivity contribution in [3.05, 3.63) is 35.4 Å². The molecular formula is C29H49NO6. The largest absolute Gasteiger partial charge is 0.464 e. The van der Waals surface area contributed by atoms with Crippen molar-refractivity contribution in [3.8, 4) is 0 Å². The van der Waals surface area contributed by atoms with Gasteiger partial charge in [-0.2, -0.15) is 0 Å². The summed E-state index contributed by atoms with van der Waals surface area (Å²) >= 11 is 0. The Labute approximate surface area is 218 Å². The average molecular weight is 508 g/mol. The van der Waals surface area contributed by atoms with E-state index in [1.54, 1.807) is 34.8 Å². The highest BCUT2D eigenvalue weighted by Gasteiger charge is 2.50. The van der Waals surface area contributed by atoms with Crippen LogP contribution in [-0.4, -0.2) is 50.0 Å². The molecule has 0 bridgehead atoms. The molecule has 3 atom stereocenters. The molecule has 0 amide bonds. The van der Waals surface area contributed by atoms with E-state index in [0.29, 0.717) is 13.2 Å².